The normalized spacial score (nSPS) is 18.2. The minimum absolute atomic E-state index is 0.692. The highest BCUT2D eigenvalue weighted by Gasteiger charge is 2.24. The van der Waals surface area contributed by atoms with Crippen molar-refractivity contribution in [3.63, 3.8) is 0 Å². The van der Waals surface area contributed by atoms with E-state index in [1.54, 1.807) is 0 Å². The number of rotatable bonds is 7. The molecule has 0 N–H and O–H groups in total. The van der Waals surface area contributed by atoms with Crippen LogP contribution in [0.5, 0.6) is 0 Å². The van der Waals surface area contributed by atoms with Gasteiger partial charge in [0.2, 0.25) is 0 Å². The highest BCUT2D eigenvalue weighted by molar-refractivity contribution is 7.98. The van der Waals surface area contributed by atoms with Gasteiger partial charge >= 0.3 is 0 Å². The molecule has 0 spiro atoms. The van der Waals surface area contributed by atoms with Gasteiger partial charge in [-0.25, -0.2) is 0 Å². The van der Waals surface area contributed by atoms with E-state index in [9.17, 15) is 0 Å². The molecule has 0 amide bonds. The van der Waals surface area contributed by atoms with Crippen LogP contribution >= 0.6 is 11.8 Å². The Morgan fingerprint density at radius 3 is 1.93 bits per heavy atom. The fourth-order valence-electron chi connectivity index (χ4n) is 2.20. The smallest absolute Gasteiger partial charge is 0.0160 e. The minimum Gasteiger partial charge on any atom is -0.297 e. The zero-order valence-corrected chi connectivity index (χ0v) is 12.4. The molecule has 0 fully saturated rings. The lowest BCUT2D eigenvalue weighted by Crippen LogP contribution is -2.45. The number of thioether (sulfide) groups is 1. The second-order valence-electron chi connectivity index (χ2n) is 4.98. The van der Waals surface area contributed by atoms with Crippen LogP contribution in [0.25, 0.3) is 0 Å². The lowest BCUT2D eigenvalue weighted by atomic mass is 9.90. The lowest BCUT2D eigenvalue weighted by molar-refractivity contribution is 0.114. The molecule has 0 heterocycles. The summed E-state index contributed by atoms with van der Waals surface area (Å²) in [6.07, 6.45) is 2.20. The van der Waals surface area contributed by atoms with E-state index in [1.807, 2.05) is 11.8 Å². The van der Waals surface area contributed by atoms with Crippen LogP contribution in [0.15, 0.2) is 0 Å². The zero-order valence-electron chi connectivity index (χ0n) is 11.6. The van der Waals surface area contributed by atoms with Gasteiger partial charge in [0.25, 0.3) is 0 Å². The topological polar surface area (TPSA) is 3.24 Å². The van der Waals surface area contributed by atoms with Crippen LogP contribution in [-0.2, 0) is 0 Å². The van der Waals surface area contributed by atoms with Crippen molar-refractivity contribution in [3.05, 3.63) is 0 Å². The largest absolute Gasteiger partial charge is 0.297 e. The molecule has 0 aromatic heterocycles. The second-order valence-corrected chi connectivity index (χ2v) is 5.89. The number of hydrogen-bond acceptors (Lipinski definition) is 2. The average Bonchev–Trinajstić information content (AvgIpc) is 2.17. The Morgan fingerprint density at radius 2 is 1.60 bits per heavy atom. The Morgan fingerprint density at radius 1 is 1.07 bits per heavy atom. The second kappa shape index (κ2) is 7.56. The highest BCUT2D eigenvalue weighted by atomic mass is 32.2. The molecule has 3 unspecified atom stereocenters. The molecule has 0 rings (SSSR count). The van der Waals surface area contributed by atoms with Crippen molar-refractivity contribution < 1.29 is 0 Å². The fraction of sp³-hybridized carbons (Fsp3) is 1.00. The summed E-state index contributed by atoms with van der Waals surface area (Å²) in [7, 11) is 0. The first-order chi connectivity index (χ1) is 6.95. The summed E-state index contributed by atoms with van der Waals surface area (Å²) in [5.74, 6) is 2.79. The Bertz CT molecular complexity index is 159. The van der Waals surface area contributed by atoms with Gasteiger partial charge in [-0.15, -0.1) is 0 Å². The third-order valence-electron chi connectivity index (χ3n) is 3.67. The van der Waals surface area contributed by atoms with Crippen LogP contribution in [0.4, 0.5) is 0 Å². The first-order valence-corrected chi connectivity index (χ1v) is 7.59. The van der Waals surface area contributed by atoms with Gasteiger partial charge in [-0.2, -0.15) is 11.8 Å². The molecule has 15 heavy (non-hydrogen) atoms. The monoisotopic (exact) mass is 231 g/mol. The van der Waals surface area contributed by atoms with Crippen molar-refractivity contribution in [1.29, 1.82) is 0 Å². The van der Waals surface area contributed by atoms with Gasteiger partial charge in [-0.1, -0.05) is 27.7 Å². The number of hydrogen-bond donors (Lipinski definition) is 0. The molecule has 0 aliphatic carbocycles. The van der Waals surface area contributed by atoms with Gasteiger partial charge in [-0.3, -0.25) is 4.90 Å². The van der Waals surface area contributed by atoms with Crippen molar-refractivity contribution in [2.24, 2.45) is 11.8 Å². The molecule has 0 aliphatic heterocycles. The zero-order chi connectivity index (χ0) is 12.0. The van der Waals surface area contributed by atoms with E-state index in [2.05, 4.69) is 52.7 Å². The summed E-state index contributed by atoms with van der Waals surface area (Å²) in [6, 6.07) is 1.39. The third kappa shape index (κ3) is 4.78. The summed E-state index contributed by atoms with van der Waals surface area (Å²) in [5, 5.41) is 0. The van der Waals surface area contributed by atoms with Crippen LogP contribution in [-0.4, -0.2) is 35.5 Å². The van der Waals surface area contributed by atoms with E-state index in [4.69, 9.17) is 0 Å². The van der Waals surface area contributed by atoms with Gasteiger partial charge in [0.1, 0.15) is 0 Å². The van der Waals surface area contributed by atoms with Crippen LogP contribution in [0.2, 0.25) is 0 Å². The van der Waals surface area contributed by atoms with E-state index in [-0.39, 0.29) is 0 Å². The van der Waals surface area contributed by atoms with Crippen molar-refractivity contribution in [3.8, 4) is 0 Å². The Kier molecular flexibility index (Phi) is 7.72. The quantitative estimate of drug-likeness (QED) is 0.656. The predicted octanol–water partition coefficient (Wildman–Crippen LogP) is 3.74. The third-order valence-corrected chi connectivity index (χ3v) is 4.49. The molecular weight excluding hydrogens is 202 g/mol. The number of nitrogens with zero attached hydrogens (tertiary/aromatic N) is 1. The first kappa shape index (κ1) is 15.3. The van der Waals surface area contributed by atoms with E-state index in [0.29, 0.717) is 12.1 Å². The summed E-state index contributed by atoms with van der Waals surface area (Å²) in [4.78, 5) is 2.64. The summed E-state index contributed by atoms with van der Waals surface area (Å²) >= 11 is 1.95. The molecule has 2 heteroatoms. The molecule has 0 radical (unpaired) electrons. The average molecular weight is 231 g/mol. The molecule has 0 bridgehead atoms. The molecule has 1 nitrogen and oxygen atoms in total. The molecule has 0 aromatic carbocycles. The maximum Gasteiger partial charge on any atom is 0.0160 e. The van der Waals surface area contributed by atoms with Gasteiger partial charge < -0.3 is 0 Å². The van der Waals surface area contributed by atoms with E-state index >= 15 is 0 Å². The van der Waals surface area contributed by atoms with Crippen molar-refractivity contribution in [2.45, 2.75) is 53.6 Å². The van der Waals surface area contributed by atoms with E-state index < -0.39 is 0 Å². The molecule has 0 aliphatic rings. The Hall–Kier alpha value is 0.310. The molecular formula is C13H29NS. The maximum absolute atomic E-state index is 2.64. The summed E-state index contributed by atoms with van der Waals surface area (Å²) < 4.78 is 0. The van der Waals surface area contributed by atoms with Crippen LogP contribution in [0, 0.1) is 11.8 Å². The van der Waals surface area contributed by atoms with Gasteiger partial charge in [0, 0.05) is 17.8 Å². The summed E-state index contributed by atoms with van der Waals surface area (Å²) in [5.41, 5.74) is 0. The van der Waals surface area contributed by atoms with Gasteiger partial charge in [-0.05, 0) is 38.5 Å². The Labute approximate surface area is 101 Å². The molecule has 0 aromatic rings. The SMILES string of the molecule is CCN(C(C)CSC)C(C)C(C)C(C)C. The van der Waals surface area contributed by atoms with E-state index in [0.717, 1.165) is 11.8 Å². The molecule has 92 valence electrons. The first-order valence-electron chi connectivity index (χ1n) is 6.20. The predicted molar refractivity (Wildman–Crippen MR) is 73.7 cm³/mol. The fourth-order valence-corrected chi connectivity index (χ4v) is 2.87. The van der Waals surface area contributed by atoms with Gasteiger partial charge in [0.05, 0.1) is 0 Å². The Balaban J connectivity index is 4.38. The minimum atomic E-state index is 0.692. The summed E-state index contributed by atoms with van der Waals surface area (Å²) in [6.45, 7) is 15.2. The maximum atomic E-state index is 2.64. The standard InChI is InChI=1S/C13H29NS/c1-8-14(11(4)9-15-7)13(6)12(5)10(2)3/h10-13H,8-9H2,1-7H3. The van der Waals surface area contributed by atoms with Crippen LogP contribution < -0.4 is 0 Å². The van der Waals surface area contributed by atoms with Crippen LogP contribution in [0.1, 0.15) is 41.5 Å². The van der Waals surface area contributed by atoms with Crippen LogP contribution in [0.3, 0.4) is 0 Å². The van der Waals surface area contributed by atoms with Crippen molar-refractivity contribution in [2.75, 3.05) is 18.6 Å². The lowest BCUT2D eigenvalue weighted by Gasteiger charge is -2.38. The molecule has 0 saturated heterocycles. The molecule has 3 atom stereocenters. The van der Waals surface area contributed by atoms with E-state index in [1.165, 1.54) is 12.3 Å². The molecule has 0 saturated carbocycles. The van der Waals surface area contributed by atoms with Crippen molar-refractivity contribution in [1.82, 2.24) is 4.90 Å². The highest BCUT2D eigenvalue weighted by Crippen LogP contribution is 2.21. The van der Waals surface area contributed by atoms with Crippen molar-refractivity contribution >= 4 is 11.8 Å². The van der Waals surface area contributed by atoms with Gasteiger partial charge in [0.15, 0.2) is 0 Å².